The van der Waals surface area contributed by atoms with E-state index in [-0.39, 0.29) is 23.6 Å². The first-order chi connectivity index (χ1) is 11.4. The lowest BCUT2D eigenvalue weighted by Gasteiger charge is -2.10. The number of esters is 1. The smallest absolute Gasteiger partial charge is 0.345 e. The fraction of sp³-hybridized carbons (Fsp3) is 0.429. The fourth-order valence-electron chi connectivity index (χ4n) is 1.74. The molecule has 0 unspecified atom stereocenters. The highest BCUT2D eigenvalue weighted by molar-refractivity contribution is 5.96. The van der Waals surface area contributed by atoms with Crippen LogP contribution < -0.4 is 14.8 Å². The van der Waals surface area contributed by atoms with Gasteiger partial charge in [-0.15, -0.1) is 0 Å². The van der Waals surface area contributed by atoms with E-state index in [1.807, 2.05) is 0 Å². The number of methoxy groups -OCH3 is 3. The zero-order valence-corrected chi connectivity index (χ0v) is 13.5. The summed E-state index contributed by atoms with van der Waals surface area (Å²) in [5, 5.41) is 13.6. The number of nitrogens with one attached hydrogen (secondary N) is 1. The largest absolute Gasteiger partial charge is 0.493 e. The molecule has 10 heteroatoms. The molecule has 24 heavy (non-hydrogen) atoms. The number of hydrogen-bond donors (Lipinski definition) is 1. The molecule has 1 rings (SSSR count). The van der Waals surface area contributed by atoms with E-state index in [0.717, 1.165) is 12.1 Å². The molecular weight excluding hydrogens is 324 g/mol. The summed E-state index contributed by atoms with van der Waals surface area (Å²) in [6.07, 6.45) is 0. The van der Waals surface area contributed by atoms with Gasteiger partial charge in [0.15, 0.2) is 18.1 Å². The lowest BCUT2D eigenvalue weighted by molar-refractivity contribution is -0.385. The van der Waals surface area contributed by atoms with Gasteiger partial charge in [0.25, 0.3) is 11.6 Å². The third kappa shape index (κ3) is 5.09. The molecule has 0 aliphatic rings. The van der Waals surface area contributed by atoms with Gasteiger partial charge in [-0.3, -0.25) is 14.9 Å². The van der Waals surface area contributed by atoms with E-state index in [1.165, 1.54) is 21.3 Å². The molecule has 1 aromatic rings. The first-order valence-electron chi connectivity index (χ1n) is 6.77. The molecule has 0 aliphatic carbocycles. The maximum absolute atomic E-state index is 12.0. The van der Waals surface area contributed by atoms with Gasteiger partial charge in [-0.05, 0) is 0 Å². The summed E-state index contributed by atoms with van der Waals surface area (Å²) < 4.78 is 19.5. The van der Waals surface area contributed by atoms with E-state index in [0.29, 0.717) is 6.61 Å². The highest BCUT2D eigenvalue weighted by atomic mass is 16.6. The first-order valence-corrected chi connectivity index (χ1v) is 6.77. The van der Waals surface area contributed by atoms with Gasteiger partial charge in [-0.1, -0.05) is 0 Å². The number of carbonyl (C=O) groups excluding carboxylic acids is 2. The summed E-state index contributed by atoms with van der Waals surface area (Å²) in [6, 6.07) is 2.18. The second-order valence-corrected chi connectivity index (χ2v) is 4.40. The minimum atomic E-state index is -1.02. The van der Waals surface area contributed by atoms with Gasteiger partial charge in [-0.25, -0.2) is 4.79 Å². The van der Waals surface area contributed by atoms with Crippen LogP contribution in [0.1, 0.15) is 10.4 Å². The van der Waals surface area contributed by atoms with E-state index < -0.39 is 29.1 Å². The van der Waals surface area contributed by atoms with Crippen LogP contribution in [0.25, 0.3) is 0 Å². The molecule has 0 aliphatic heterocycles. The Kier molecular flexibility index (Phi) is 7.43. The number of carbonyl (C=O) groups is 2. The Bertz CT molecular complexity index is 617. The van der Waals surface area contributed by atoms with Crippen molar-refractivity contribution in [1.29, 1.82) is 0 Å². The molecule has 0 aromatic heterocycles. The minimum Gasteiger partial charge on any atom is -0.493 e. The summed E-state index contributed by atoms with van der Waals surface area (Å²) in [4.78, 5) is 33.9. The second-order valence-electron chi connectivity index (χ2n) is 4.40. The zero-order valence-electron chi connectivity index (χ0n) is 13.5. The van der Waals surface area contributed by atoms with Crippen molar-refractivity contribution >= 4 is 17.6 Å². The van der Waals surface area contributed by atoms with Crippen LogP contribution in [0.5, 0.6) is 11.5 Å². The molecule has 0 spiro atoms. The van der Waals surface area contributed by atoms with Crippen LogP contribution in [0.15, 0.2) is 12.1 Å². The van der Waals surface area contributed by atoms with Gasteiger partial charge in [0, 0.05) is 19.7 Å². The molecule has 0 bridgehead atoms. The first kappa shape index (κ1) is 19.2. The topological polar surface area (TPSA) is 126 Å². The molecule has 0 saturated carbocycles. The van der Waals surface area contributed by atoms with Crippen molar-refractivity contribution in [3.63, 3.8) is 0 Å². The van der Waals surface area contributed by atoms with Crippen molar-refractivity contribution in [2.75, 3.05) is 41.1 Å². The molecule has 1 amide bonds. The number of nitro benzene ring substituents is 1. The van der Waals surface area contributed by atoms with Crippen molar-refractivity contribution in [3.8, 4) is 11.5 Å². The predicted molar refractivity (Wildman–Crippen MR) is 81.4 cm³/mol. The average Bonchev–Trinajstić information content (AvgIpc) is 2.58. The van der Waals surface area contributed by atoms with Gasteiger partial charge in [0.2, 0.25) is 0 Å². The van der Waals surface area contributed by atoms with Crippen LogP contribution in [-0.4, -0.2) is 57.9 Å². The molecule has 132 valence electrons. The normalized spacial score (nSPS) is 9.96. The average molecular weight is 342 g/mol. The third-order valence-corrected chi connectivity index (χ3v) is 2.88. The van der Waals surface area contributed by atoms with Crippen LogP contribution in [0.2, 0.25) is 0 Å². The van der Waals surface area contributed by atoms with Crippen molar-refractivity contribution in [3.05, 3.63) is 27.8 Å². The van der Waals surface area contributed by atoms with Gasteiger partial charge < -0.3 is 24.3 Å². The summed E-state index contributed by atoms with van der Waals surface area (Å²) in [5.74, 6) is -1.36. The molecule has 0 atom stereocenters. The van der Waals surface area contributed by atoms with Gasteiger partial charge in [-0.2, -0.15) is 0 Å². The molecule has 0 fully saturated rings. The SMILES string of the molecule is COCCNC(=O)COC(=O)c1cc(OC)c(OC)cc1[N+](=O)[O-]. The Morgan fingerprint density at radius 1 is 1.17 bits per heavy atom. The minimum absolute atomic E-state index is 0.0954. The van der Waals surface area contributed by atoms with Crippen molar-refractivity contribution in [2.24, 2.45) is 0 Å². The van der Waals surface area contributed by atoms with Crippen LogP contribution >= 0.6 is 0 Å². The molecule has 1 aromatic carbocycles. The zero-order chi connectivity index (χ0) is 18.1. The van der Waals surface area contributed by atoms with Crippen LogP contribution in [0, 0.1) is 10.1 Å². The van der Waals surface area contributed by atoms with E-state index in [9.17, 15) is 19.7 Å². The molecular formula is C14H18N2O8. The maximum atomic E-state index is 12.0. The highest BCUT2D eigenvalue weighted by Gasteiger charge is 2.26. The number of amides is 1. The fourth-order valence-corrected chi connectivity index (χ4v) is 1.74. The van der Waals surface area contributed by atoms with Crippen LogP contribution in [0.4, 0.5) is 5.69 Å². The van der Waals surface area contributed by atoms with Crippen LogP contribution in [0.3, 0.4) is 0 Å². The summed E-state index contributed by atoms with van der Waals surface area (Å²) in [6.45, 7) is -0.0156. The number of benzene rings is 1. The molecule has 1 N–H and O–H groups in total. The Morgan fingerprint density at radius 2 is 1.79 bits per heavy atom. The number of nitro groups is 1. The standard InChI is InChI=1S/C14H18N2O8/c1-21-5-4-15-13(17)8-24-14(18)9-6-11(22-2)12(23-3)7-10(9)16(19)20/h6-7H,4-5,8H2,1-3H3,(H,15,17). The third-order valence-electron chi connectivity index (χ3n) is 2.88. The Morgan fingerprint density at radius 3 is 2.33 bits per heavy atom. The number of nitrogens with zero attached hydrogens (tertiary/aromatic N) is 1. The van der Waals surface area contributed by atoms with E-state index in [1.54, 1.807) is 0 Å². The highest BCUT2D eigenvalue weighted by Crippen LogP contribution is 2.34. The Hall–Kier alpha value is -2.88. The lowest BCUT2D eigenvalue weighted by atomic mass is 10.1. The molecule has 10 nitrogen and oxygen atoms in total. The number of ether oxygens (including phenoxy) is 4. The maximum Gasteiger partial charge on any atom is 0.345 e. The lowest BCUT2D eigenvalue weighted by Crippen LogP contribution is -2.31. The van der Waals surface area contributed by atoms with Gasteiger partial charge in [0.1, 0.15) is 5.56 Å². The van der Waals surface area contributed by atoms with E-state index >= 15 is 0 Å². The van der Waals surface area contributed by atoms with Gasteiger partial charge >= 0.3 is 5.97 Å². The molecule has 0 radical (unpaired) electrons. The van der Waals surface area contributed by atoms with Crippen molar-refractivity contribution in [2.45, 2.75) is 0 Å². The predicted octanol–water partition coefficient (Wildman–Crippen LogP) is 0.531. The molecule has 0 heterocycles. The summed E-state index contributed by atoms with van der Waals surface area (Å²) >= 11 is 0. The van der Waals surface area contributed by atoms with Crippen molar-refractivity contribution < 1.29 is 33.5 Å². The van der Waals surface area contributed by atoms with Crippen molar-refractivity contribution in [1.82, 2.24) is 5.32 Å². The Balaban J connectivity index is 2.89. The monoisotopic (exact) mass is 342 g/mol. The number of rotatable bonds is 9. The quantitative estimate of drug-likeness (QED) is 0.298. The summed E-state index contributed by atoms with van der Waals surface area (Å²) in [5.41, 5.74) is -0.861. The number of hydrogen-bond acceptors (Lipinski definition) is 8. The van der Waals surface area contributed by atoms with Gasteiger partial charge in [0.05, 0.1) is 31.8 Å². The Labute approximate surface area is 137 Å². The molecule has 0 saturated heterocycles. The second kappa shape index (κ2) is 9.30. The summed E-state index contributed by atoms with van der Waals surface area (Å²) in [7, 11) is 4.11. The van der Waals surface area contributed by atoms with Crippen LogP contribution in [-0.2, 0) is 14.3 Å². The van der Waals surface area contributed by atoms with E-state index in [2.05, 4.69) is 5.32 Å². The van der Waals surface area contributed by atoms with E-state index in [4.69, 9.17) is 18.9 Å².